The SMILES string of the molecule is O=C1CCC(c2ccc(NC(=O)c3cccc(F)c3)cc2)=NN1. The fraction of sp³-hybridized carbons (Fsp3) is 0.118. The van der Waals surface area contributed by atoms with Crippen LogP contribution in [0.25, 0.3) is 0 Å². The van der Waals surface area contributed by atoms with E-state index in [4.69, 9.17) is 0 Å². The Labute approximate surface area is 132 Å². The van der Waals surface area contributed by atoms with E-state index in [0.29, 0.717) is 18.5 Å². The molecule has 6 heteroatoms. The minimum atomic E-state index is -0.453. The van der Waals surface area contributed by atoms with E-state index < -0.39 is 5.82 Å². The van der Waals surface area contributed by atoms with E-state index in [2.05, 4.69) is 15.8 Å². The zero-order chi connectivity index (χ0) is 16.2. The summed E-state index contributed by atoms with van der Waals surface area (Å²) >= 11 is 0. The second-order valence-electron chi connectivity index (χ2n) is 5.14. The van der Waals surface area contributed by atoms with Gasteiger partial charge < -0.3 is 5.32 Å². The zero-order valence-corrected chi connectivity index (χ0v) is 12.2. The summed E-state index contributed by atoms with van der Waals surface area (Å²) in [6.07, 6.45) is 0.998. The van der Waals surface area contributed by atoms with Gasteiger partial charge in [0.2, 0.25) is 5.91 Å². The summed E-state index contributed by atoms with van der Waals surface area (Å²) in [5.74, 6) is -0.919. The summed E-state index contributed by atoms with van der Waals surface area (Å²) in [5.41, 5.74) is 4.99. The molecule has 1 aliphatic heterocycles. The quantitative estimate of drug-likeness (QED) is 0.915. The van der Waals surface area contributed by atoms with Crippen LogP contribution in [0.2, 0.25) is 0 Å². The van der Waals surface area contributed by atoms with E-state index in [1.165, 1.54) is 18.2 Å². The highest BCUT2D eigenvalue weighted by Crippen LogP contribution is 2.15. The molecule has 2 N–H and O–H groups in total. The number of nitrogens with one attached hydrogen (secondary N) is 2. The molecule has 0 unspecified atom stereocenters. The summed E-state index contributed by atoms with van der Waals surface area (Å²) in [6, 6.07) is 12.6. The van der Waals surface area contributed by atoms with Crippen molar-refractivity contribution in [1.29, 1.82) is 0 Å². The number of halogens is 1. The third kappa shape index (κ3) is 3.60. The van der Waals surface area contributed by atoms with Crippen molar-refractivity contribution in [3.05, 3.63) is 65.5 Å². The predicted octanol–water partition coefficient (Wildman–Crippen LogP) is 2.69. The number of anilines is 1. The molecule has 23 heavy (non-hydrogen) atoms. The van der Waals surface area contributed by atoms with Crippen LogP contribution in [-0.4, -0.2) is 17.5 Å². The van der Waals surface area contributed by atoms with Crippen LogP contribution in [0.15, 0.2) is 53.6 Å². The molecule has 1 heterocycles. The van der Waals surface area contributed by atoms with Crippen molar-refractivity contribution in [1.82, 2.24) is 5.43 Å². The molecule has 116 valence electrons. The molecule has 2 aromatic rings. The monoisotopic (exact) mass is 311 g/mol. The maximum absolute atomic E-state index is 13.1. The summed E-state index contributed by atoms with van der Waals surface area (Å²) in [7, 11) is 0. The van der Waals surface area contributed by atoms with Crippen molar-refractivity contribution in [2.24, 2.45) is 5.10 Å². The molecule has 2 amide bonds. The second-order valence-corrected chi connectivity index (χ2v) is 5.14. The summed E-state index contributed by atoms with van der Waals surface area (Å²) in [4.78, 5) is 23.1. The number of benzene rings is 2. The van der Waals surface area contributed by atoms with Gasteiger partial charge in [0.15, 0.2) is 0 Å². The standard InChI is InChI=1S/C17H14FN3O2/c18-13-3-1-2-12(10-13)17(23)19-14-6-4-11(5-7-14)15-8-9-16(22)21-20-15/h1-7,10H,8-9H2,(H,19,23)(H,21,22). The van der Waals surface area contributed by atoms with Crippen LogP contribution >= 0.6 is 0 Å². The van der Waals surface area contributed by atoms with Gasteiger partial charge in [-0.2, -0.15) is 5.10 Å². The molecule has 3 rings (SSSR count). The summed E-state index contributed by atoms with van der Waals surface area (Å²) in [6.45, 7) is 0. The molecule has 0 aliphatic carbocycles. The molecule has 0 saturated heterocycles. The van der Waals surface area contributed by atoms with E-state index in [1.807, 2.05) is 12.1 Å². The first-order valence-corrected chi connectivity index (χ1v) is 7.14. The normalized spacial score (nSPS) is 14.0. The highest BCUT2D eigenvalue weighted by molar-refractivity contribution is 6.06. The summed E-state index contributed by atoms with van der Waals surface area (Å²) < 4.78 is 13.1. The zero-order valence-electron chi connectivity index (χ0n) is 12.2. The smallest absolute Gasteiger partial charge is 0.255 e. The molecular formula is C17H14FN3O2. The molecule has 1 aliphatic rings. The number of hydrogen-bond donors (Lipinski definition) is 2. The van der Waals surface area contributed by atoms with Crippen molar-refractivity contribution in [3.8, 4) is 0 Å². The first-order chi connectivity index (χ1) is 11.1. The number of nitrogens with zero attached hydrogens (tertiary/aromatic N) is 1. The fourth-order valence-electron chi connectivity index (χ4n) is 2.26. The Bertz CT molecular complexity index is 785. The Balaban J connectivity index is 1.70. The van der Waals surface area contributed by atoms with Gasteiger partial charge >= 0.3 is 0 Å². The maximum Gasteiger partial charge on any atom is 0.255 e. The molecule has 0 fully saturated rings. The average molecular weight is 311 g/mol. The minimum Gasteiger partial charge on any atom is -0.322 e. The van der Waals surface area contributed by atoms with Crippen LogP contribution in [-0.2, 0) is 4.79 Å². The van der Waals surface area contributed by atoms with E-state index in [9.17, 15) is 14.0 Å². The van der Waals surface area contributed by atoms with Gasteiger partial charge in [-0.1, -0.05) is 18.2 Å². The Hall–Kier alpha value is -3.02. The Morgan fingerprint density at radius 2 is 1.91 bits per heavy atom. The minimum absolute atomic E-state index is 0.0901. The molecule has 0 aromatic heterocycles. The molecular weight excluding hydrogens is 297 g/mol. The van der Waals surface area contributed by atoms with Gasteiger partial charge in [-0.3, -0.25) is 9.59 Å². The predicted molar refractivity (Wildman–Crippen MR) is 84.7 cm³/mol. The fourth-order valence-corrected chi connectivity index (χ4v) is 2.26. The lowest BCUT2D eigenvalue weighted by Crippen LogP contribution is -2.25. The third-order valence-electron chi connectivity index (χ3n) is 3.47. The largest absolute Gasteiger partial charge is 0.322 e. The molecule has 0 atom stereocenters. The van der Waals surface area contributed by atoms with Crippen LogP contribution in [0.3, 0.4) is 0 Å². The molecule has 0 radical (unpaired) electrons. The van der Waals surface area contributed by atoms with E-state index >= 15 is 0 Å². The van der Waals surface area contributed by atoms with E-state index in [1.54, 1.807) is 18.2 Å². The topological polar surface area (TPSA) is 70.6 Å². The van der Waals surface area contributed by atoms with Gasteiger partial charge in [0.25, 0.3) is 5.91 Å². The number of amides is 2. The van der Waals surface area contributed by atoms with Gasteiger partial charge in [0.1, 0.15) is 5.82 Å². The Morgan fingerprint density at radius 3 is 2.57 bits per heavy atom. The van der Waals surface area contributed by atoms with E-state index in [-0.39, 0.29) is 17.4 Å². The lowest BCUT2D eigenvalue weighted by Gasteiger charge is -2.12. The maximum atomic E-state index is 13.1. The van der Waals surface area contributed by atoms with Crippen LogP contribution in [0, 0.1) is 5.82 Å². The Kier molecular flexibility index (Phi) is 4.14. The van der Waals surface area contributed by atoms with Gasteiger partial charge in [-0.15, -0.1) is 0 Å². The Morgan fingerprint density at radius 1 is 1.13 bits per heavy atom. The molecule has 0 bridgehead atoms. The van der Waals surface area contributed by atoms with Crippen LogP contribution in [0.1, 0.15) is 28.8 Å². The molecule has 2 aromatic carbocycles. The third-order valence-corrected chi connectivity index (χ3v) is 3.47. The average Bonchev–Trinajstić information content (AvgIpc) is 2.56. The van der Waals surface area contributed by atoms with Gasteiger partial charge in [0, 0.05) is 24.1 Å². The molecule has 0 spiro atoms. The van der Waals surface area contributed by atoms with Gasteiger partial charge in [0.05, 0.1) is 5.71 Å². The summed E-state index contributed by atoms with van der Waals surface area (Å²) in [5, 5.41) is 6.72. The lowest BCUT2D eigenvalue weighted by molar-refractivity contribution is -0.121. The highest BCUT2D eigenvalue weighted by Gasteiger charge is 2.13. The first kappa shape index (κ1) is 14.9. The second kappa shape index (κ2) is 6.39. The number of rotatable bonds is 3. The van der Waals surface area contributed by atoms with Crippen molar-refractivity contribution in [2.75, 3.05) is 5.32 Å². The lowest BCUT2D eigenvalue weighted by atomic mass is 10.0. The van der Waals surface area contributed by atoms with Crippen LogP contribution in [0.4, 0.5) is 10.1 Å². The first-order valence-electron chi connectivity index (χ1n) is 7.14. The van der Waals surface area contributed by atoms with Crippen LogP contribution in [0.5, 0.6) is 0 Å². The van der Waals surface area contributed by atoms with E-state index in [0.717, 1.165) is 11.3 Å². The van der Waals surface area contributed by atoms with Crippen molar-refractivity contribution >= 4 is 23.2 Å². The number of hydrazone groups is 1. The number of carbonyl (C=O) groups is 2. The molecule has 0 saturated carbocycles. The van der Waals surface area contributed by atoms with Crippen molar-refractivity contribution in [2.45, 2.75) is 12.8 Å². The van der Waals surface area contributed by atoms with Gasteiger partial charge in [-0.05, 0) is 35.9 Å². The highest BCUT2D eigenvalue weighted by atomic mass is 19.1. The van der Waals surface area contributed by atoms with Crippen molar-refractivity contribution < 1.29 is 14.0 Å². The van der Waals surface area contributed by atoms with Gasteiger partial charge in [-0.25, -0.2) is 9.82 Å². The molecule has 5 nitrogen and oxygen atoms in total. The number of hydrogen-bond acceptors (Lipinski definition) is 3. The number of carbonyl (C=O) groups excluding carboxylic acids is 2. The van der Waals surface area contributed by atoms with Crippen molar-refractivity contribution in [3.63, 3.8) is 0 Å². The van der Waals surface area contributed by atoms with Crippen LogP contribution < -0.4 is 10.7 Å².